The monoisotopic (exact) mass is 367 g/mol. The number of hydrogen-bond donors (Lipinski definition) is 1. The van der Waals surface area contributed by atoms with Crippen LogP contribution in [0.25, 0.3) is 11.3 Å². The lowest BCUT2D eigenvalue weighted by Crippen LogP contribution is -2.12. The van der Waals surface area contributed by atoms with E-state index in [-0.39, 0.29) is 11.3 Å². The minimum atomic E-state index is -0.492. The number of nitro benzene ring substituents is 1. The fraction of sp³-hybridized carbons (Fsp3) is 0.158. The van der Waals surface area contributed by atoms with Gasteiger partial charge in [-0.05, 0) is 38.5 Å². The van der Waals surface area contributed by atoms with Crippen LogP contribution in [0, 0.1) is 30.9 Å². The maximum Gasteiger partial charge on any atom is 0.273 e. The quantitative estimate of drug-likeness (QED) is 0.525. The summed E-state index contributed by atoms with van der Waals surface area (Å²) < 4.78 is 0. The van der Waals surface area contributed by atoms with Crippen molar-refractivity contribution in [3.63, 3.8) is 0 Å². The smallest absolute Gasteiger partial charge is 0.273 e. The van der Waals surface area contributed by atoms with Crippen molar-refractivity contribution in [3.05, 3.63) is 74.1 Å². The summed E-state index contributed by atoms with van der Waals surface area (Å²) in [5.74, 6) is -0.421. The Labute approximate surface area is 154 Å². The standard InChI is InChI=1S/C19H17N3O3S/c1-11-4-5-12(2)15(8-11)16-10-26-19(20-16)21-18(23)14-7-6-13(3)17(9-14)22(24)25/h4-10H,1-3H3,(H,20,21,23). The number of hydrogen-bond acceptors (Lipinski definition) is 5. The van der Waals surface area contributed by atoms with Gasteiger partial charge in [0.15, 0.2) is 5.13 Å². The molecule has 0 unspecified atom stereocenters. The molecule has 6 nitrogen and oxygen atoms in total. The van der Waals surface area contributed by atoms with Gasteiger partial charge in [0.25, 0.3) is 11.6 Å². The molecule has 0 radical (unpaired) electrons. The van der Waals surface area contributed by atoms with E-state index in [1.54, 1.807) is 19.1 Å². The summed E-state index contributed by atoms with van der Waals surface area (Å²) in [6, 6.07) is 10.5. The molecule has 7 heteroatoms. The maximum absolute atomic E-state index is 12.4. The molecule has 3 aromatic rings. The van der Waals surface area contributed by atoms with Crippen molar-refractivity contribution < 1.29 is 9.72 Å². The van der Waals surface area contributed by atoms with E-state index in [0.29, 0.717) is 10.7 Å². The van der Waals surface area contributed by atoms with Gasteiger partial charge in [0, 0.05) is 28.1 Å². The van der Waals surface area contributed by atoms with E-state index < -0.39 is 10.8 Å². The second kappa shape index (κ2) is 7.05. The first-order chi connectivity index (χ1) is 12.3. The molecule has 1 N–H and O–H groups in total. The Kier molecular flexibility index (Phi) is 4.81. The lowest BCUT2D eigenvalue weighted by atomic mass is 10.0. The van der Waals surface area contributed by atoms with E-state index in [4.69, 9.17) is 0 Å². The highest BCUT2D eigenvalue weighted by Gasteiger charge is 2.16. The molecule has 26 heavy (non-hydrogen) atoms. The lowest BCUT2D eigenvalue weighted by molar-refractivity contribution is -0.385. The predicted octanol–water partition coefficient (Wildman–Crippen LogP) is 4.90. The molecule has 0 bridgehead atoms. The van der Waals surface area contributed by atoms with Gasteiger partial charge in [-0.1, -0.05) is 23.8 Å². The molecule has 1 amide bonds. The first-order valence-electron chi connectivity index (χ1n) is 7.94. The number of aromatic nitrogens is 1. The van der Waals surface area contributed by atoms with Crippen LogP contribution in [0.5, 0.6) is 0 Å². The van der Waals surface area contributed by atoms with Gasteiger partial charge in [0.1, 0.15) is 0 Å². The summed E-state index contributed by atoms with van der Waals surface area (Å²) >= 11 is 1.32. The molecule has 0 spiro atoms. The van der Waals surface area contributed by atoms with Crippen LogP contribution in [0.2, 0.25) is 0 Å². The van der Waals surface area contributed by atoms with Crippen LogP contribution in [0.4, 0.5) is 10.8 Å². The highest BCUT2D eigenvalue weighted by atomic mass is 32.1. The summed E-state index contributed by atoms with van der Waals surface area (Å²) in [5.41, 5.74) is 4.72. The molecule has 0 aliphatic carbocycles. The fourth-order valence-electron chi connectivity index (χ4n) is 2.58. The van der Waals surface area contributed by atoms with Gasteiger partial charge >= 0.3 is 0 Å². The minimum absolute atomic E-state index is 0.0761. The number of carbonyl (C=O) groups is 1. The average molecular weight is 367 g/mol. The van der Waals surface area contributed by atoms with Gasteiger partial charge in [-0.25, -0.2) is 4.98 Å². The molecule has 0 atom stereocenters. The molecular weight excluding hydrogens is 350 g/mol. The summed E-state index contributed by atoms with van der Waals surface area (Å²) in [6.07, 6.45) is 0. The largest absolute Gasteiger partial charge is 0.298 e. The number of rotatable bonds is 4. The molecule has 132 valence electrons. The summed E-state index contributed by atoms with van der Waals surface area (Å²) in [6.45, 7) is 5.66. The van der Waals surface area contributed by atoms with E-state index in [2.05, 4.69) is 16.4 Å². The van der Waals surface area contributed by atoms with Crippen molar-refractivity contribution in [2.45, 2.75) is 20.8 Å². The van der Waals surface area contributed by atoms with Gasteiger partial charge < -0.3 is 0 Å². The molecule has 2 aromatic carbocycles. The van der Waals surface area contributed by atoms with Crippen molar-refractivity contribution in [2.24, 2.45) is 0 Å². The minimum Gasteiger partial charge on any atom is -0.298 e. The number of nitro groups is 1. The molecule has 1 aromatic heterocycles. The number of nitrogens with one attached hydrogen (secondary N) is 1. The Morgan fingerprint density at radius 2 is 1.85 bits per heavy atom. The number of amides is 1. The third-order valence-electron chi connectivity index (χ3n) is 4.06. The van der Waals surface area contributed by atoms with Crippen LogP contribution in [0.1, 0.15) is 27.0 Å². The molecule has 0 aliphatic rings. The van der Waals surface area contributed by atoms with Crippen LogP contribution >= 0.6 is 11.3 Å². The number of thiazole rings is 1. The summed E-state index contributed by atoms with van der Waals surface area (Å²) in [5, 5.41) is 16.1. The zero-order valence-corrected chi connectivity index (χ0v) is 15.4. The van der Waals surface area contributed by atoms with E-state index in [1.165, 1.54) is 17.4 Å². The zero-order valence-electron chi connectivity index (χ0n) is 14.6. The second-order valence-electron chi connectivity index (χ2n) is 6.07. The van der Waals surface area contributed by atoms with E-state index in [0.717, 1.165) is 22.4 Å². The zero-order chi connectivity index (χ0) is 18.8. The second-order valence-corrected chi connectivity index (χ2v) is 6.93. The van der Waals surface area contributed by atoms with Crippen LogP contribution in [0.3, 0.4) is 0 Å². The topological polar surface area (TPSA) is 85.1 Å². The Bertz CT molecular complexity index is 1010. The Morgan fingerprint density at radius 3 is 2.58 bits per heavy atom. The highest BCUT2D eigenvalue weighted by Crippen LogP contribution is 2.28. The third kappa shape index (κ3) is 3.62. The first kappa shape index (κ1) is 17.8. The number of anilines is 1. The van der Waals surface area contributed by atoms with E-state index in [9.17, 15) is 14.9 Å². The van der Waals surface area contributed by atoms with E-state index >= 15 is 0 Å². The Balaban J connectivity index is 1.83. The van der Waals surface area contributed by atoms with Gasteiger partial charge in [-0.2, -0.15) is 0 Å². The van der Waals surface area contributed by atoms with Crippen molar-refractivity contribution in [2.75, 3.05) is 5.32 Å². The first-order valence-corrected chi connectivity index (χ1v) is 8.82. The fourth-order valence-corrected chi connectivity index (χ4v) is 3.29. The number of nitrogens with zero attached hydrogens (tertiary/aromatic N) is 2. The highest BCUT2D eigenvalue weighted by molar-refractivity contribution is 7.14. The molecular formula is C19H17N3O3S. The molecule has 0 fully saturated rings. The average Bonchev–Trinajstić information content (AvgIpc) is 3.05. The maximum atomic E-state index is 12.4. The molecule has 1 heterocycles. The van der Waals surface area contributed by atoms with Crippen LogP contribution in [-0.2, 0) is 0 Å². The lowest BCUT2D eigenvalue weighted by Gasteiger charge is -2.05. The van der Waals surface area contributed by atoms with Crippen molar-refractivity contribution in [1.82, 2.24) is 4.98 Å². The normalized spacial score (nSPS) is 10.6. The van der Waals surface area contributed by atoms with Crippen LogP contribution < -0.4 is 5.32 Å². The molecule has 0 aliphatic heterocycles. The third-order valence-corrected chi connectivity index (χ3v) is 4.82. The Morgan fingerprint density at radius 1 is 1.12 bits per heavy atom. The van der Waals surface area contributed by atoms with Crippen LogP contribution in [-0.4, -0.2) is 15.8 Å². The number of carbonyl (C=O) groups excluding carboxylic acids is 1. The van der Waals surface area contributed by atoms with Gasteiger partial charge in [0.05, 0.1) is 10.6 Å². The van der Waals surface area contributed by atoms with Gasteiger partial charge in [0.2, 0.25) is 0 Å². The number of aryl methyl sites for hydroxylation is 3. The van der Waals surface area contributed by atoms with Gasteiger partial charge in [-0.15, -0.1) is 11.3 Å². The van der Waals surface area contributed by atoms with Crippen molar-refractivity contribution in [3.8, 4) is 11.3 Å². The Hall–Kier alpha value is -3.06. The van der Waals surface area contributed by atoms with E-state index in [1.807, 2.05) is 31.4 Å². The van der Waals surface area contributed by atoms with Crippen molar-refractivity contribution in [1.29, 1.82) is 0 Å². The van der Waals surface area contributed by atoms with Crippen LogP contribution in [0.15, 0.2) is 41.8 Å². The molecule has 3 rings (SSSR count). The molecule has 0 saturated carbocycles. The van der Waals surface area contributed by atoms with Gasteiger partial charge in [-0.3, -0.25) is 20.2 Å². The summed E-state index contributed by atoms with van der Waals surface area (Å²) in [4.78, 5) is 27.4. The molecule has 0 saturated heterocycles. The number of benzene rings is 2. The SMILES string of the molecule is Cc1ccc(C)c(-c2csc(NC(=O)c3ccc(C)c([N+](=O)[O-])c3)n2)c1. The van der Waals surface area contributed by atoms with Crippen molar-refractivity contribution >= 4 is 28.1 Å². The summed E-state index contributed by atoms with van der Waals surface area (Å²) in [7, 11) is 0. The predicted molar refractivity (Wildman–Crippen MR) is 103 cm³/mol.